The van der Waals surface area contributed by atoms with Crippen molar-refractivity contribution in [2.24, 2.45) is 7.05 Å². The molecule has 1 atom stereocenters. The van der Waals surface area contributed by atoms with E-state index in [1.807, 2.05) is 42.2 Å². The van der Waals surface area contributed by atoms with E-state index in [9.17, 15) is 9.59 Å². The molecule has 0 aliphatic heterocycles. The van der Waals surface area contributed by atoms with Crippen LogP contribution in [0.15, 0.2) is 53.3 Å². The van der Waals surface area contributed by atoms with Crippen molar-refractivity contribution in [1.29, 1.82) is 0 Å². The van der Waals surface area contributed by atoms with Crippen molar-refractivity contribution < 1.29 is 4.79 Å². The van der Waals surface area contributed by atoms with Gasteiger partial charge in [-0.1, -0.05) is 57.4 Å². The number of carbonyl (C=O) groups is 1. The first kappa shape index (κ1) is 23.7. The minimum atomic E-state index is -0.319. The van der Waals surface area contributed by atoms with E-state index in [0.29, 0.717) is 28.8 Å². The number of carbonyl (C=O) groups excluding carboxylic acids is 1. The molecule has 0 radical (unpaired) electrons. The van der Waals surface area contributed by atoms with Gasteiger partial charge in [-0.3, -0.25) is 14.2 Å². The smallest absolute Gasteiger partial charge is 0.261 e. The van der Waals surface area contributed by atoms with E-state index in [0.717, 1.165) is 19.3 Å². The predicted octanol–water partition coefficient (Wildman–Crippen LogP) is 5.67. The van der Waals surface area contributed by atoms with Gasteiger partial charge < -0.3 is 4.90 Å². The molecule has 3 aromatic rings. The zero-order chi connectivity index (χ0) is 23.1. The van der Waals surface area contributed by atoms with E-state index in [1.54, 1.807) is 17.7 Å². The van der Waals surface area contributed by atoms with Crippen molar-refractivity contribution in [1.82, 2.24) is 14.5 Å². The monoisotopic (exact) mass is 433 g/mol. The Morgan fingerprint density at radius 3 is 2.38 bits per heavy atom. The van der Waals surface area contributed by atoms with Crippen molar-refractivity contribution in [2.75, 3.05) is 6.54 Å². The summed E-state index contributed by atoms with van der Waals surface area (Å²) in [6.07, 6.45) is 6.52. The molecule has 5 nitrogen and oxygen atoms in total. The second-order valence-electron chi connectivity index (χ2n) is 8.53. The lowest BCUT2D eigenvalue weighted by Crippen LogP contribution is -2.37. The summed E-state index contributed by atoms with van der Waals surface area (Å²) in [7, 11) is 1.74. The Morgan fingerprint density at radius 1 is 1.00 bits per heavy atom. The van der Waals surface area contributed by atoms with E-state index in [4.69, 9.17) is 4.98 Å². The Balaban J connectivity index is 1.90. The predicted molar refractivity (Wildman–Crippen MR) is 131 cm³/mol. The van der Waals surface area contributed by atoms with Crippen LogP contribution in [0.2, 0.25) is 0 Å². The molecule has 170 valence electrons. The van der Waals surface area contributed by atoms with Gasteiger partial charge in [-0.15, -0.1) is 0 Å². The van der Waals surface area contributed by atoms with Crippen molar-refractivity contribution >= 4 is 16.8 Å². The van der Waals surface area contributed by atoms with Crippen LogP contribution >= 0.6 is 0 Å². The lowest BCUT2D eigenvalue weighted by molar-refractivity contribution is 0.0677. The van der Waals surface area contributed by atoms with Crippen LogP contribution in [0.3, 0.4) is 0 Å². The fourth-order valence-corrected chi connectivity index (χ4v) is 4.11. The third-order valence-corrected chi connectivity index (χ3v) is 6.14. The second kappa shape index (κ2) is 11.1. The van der Waals surface area contributed by atoms with Crippen molar-refractivity contribution in [3.8, 4) is 0 Å². The van der Waals surface area contributed by atoms with Gasteiger partial charge in [0.25, 0.3) is 11.5 Å². The van der Waals surface area contributed by atoms with Crippen LogP contribution in [0.4, 0.5) is 0 Å². The highest BCUT2D eigenvalue weighted by Crippen LogP contribution is 2.23. The number of amides is 1. The van der Waals surface area contributed by atoms with E-state index in [-0.39, 0.29) is 17.5 Å². The highest BCUT2D eigenvalue weighted by Gasteiger charge is 2.26. The molecule has 0 fully saturated rings. The second-order valence-corrected chi connectivity index (χ2v) is 8.53. The number of aromatic nitrogens is 2. The van der Waals surface area contributed by atoms with Crippen LogP contribution < -0.4 is 5.56 Å². The third-order valence-electron chi connectivity index (χ3n) is 6.14. The quantitative estimate of drug-likeness (QED) is 0.387. The molecule has 0 spiro atoms. The number of hydrogen-bond acceptors (Lipinski definition) is 3. The Hall–Kier alpha value is -2.95. The molecule has 5 heteroatoms. The van der Waals surface area contributed by atoms with Gasteiger partial charge in [-0.05, 0) is 56.0 Å². The van der Waals surface area contributed by atoms with Crippen LogP contribution in [0.1, 0.15) is 80.7 Å². The Bertz CT molecular complexity index is 1100. The van der Waals surface area contributed by atoms with Gasteiger partial charge in [0.05, 0.1) is 16.9 Å². The SMILES string of the molecule is CCCCCc1ccc(C(=O)N(CCCC)C(C)c2nc3ccccc3c(=O)n2C)cc1. The van der Waals surface area contributed by atoms with Crippen molar-refractivity contribution in [3.05, 3.63) is 75.8 Å². The molecule has 0 N–H and O–H groups in total. The number of fused-ring (bicyclic) bond motifs is 1. The number of hydrogen-bond donors (Lipinski definition) is 0. The first-order valence-corrected chi connectivity index (χ1v) is 11.8. The summed E-state index contributed by atoms with van der Waals surface area (Å²) in [6.45, 7) is 6.90. The van der Waals surface area contributed by atoms with Gasteiger partial charge in [0.1, 0.15) is 5.82 Å². The van der Waals surface area contributed by atoms with Crippen molar-refractivity contribution in [2.45, 2.75) is 65.3 Å². The van der Waals surface area contributed by atoms with Gasteiger partial charge in [-0.25, -0.2) is 4.98 Å². The normalized spacial score (nSPS) is 12.1. The molecular formula is C27H35N3O2. The zero-order valence-electron chi connectivity index (χ0n) is 19.8. The number of benzene rings is 2. The maximum Gasteiger partial charge on any atom is 0.261 e. The average Bonchev–Trinajstić information content (AvgIpc) is 2.82. The maximum atomic E-state index is 13.5. The molecule has 1 heterocycles. The number of aryl methyl sites for hydroxylation is 1. The molecule has 1 amide bonds. The summed E-state index contributed by atoms with van der Waals surface area (Å²) >= 11 is 0. The molecule has 32 heavy (non-hydrogen) atoms. The topological polar surface area (TPSA) is 55.2 Å². The fourth-order valence-electron chi connectivity index (χ4n) is 4.11. The van der Waals surface area contributed by atoms with Crippen LogP contribution in [0, 0.1) is 0 Å². The summed E-state index contributed by atoms with van der Waals surface area (Å²) in [5.41, 5.74) is 2.52. The summed E-state index contributed by atoms with van der Waals surface area (Å²) < 4.78 is 1.58. The van der Waals surface area contributed by atoms with Crippen LogP contribution in [-0.2, 0) is 13.5 Å². The zero-order valence-corrected chi connectivity index (χ0v) is 19.8. The minimum Gasteiger partial charge on any atom is -0.329 e. The summed E-state index contributed by atoms with van der Waals surface area (Å²) in [5, 5.41) is 0.594. The molecule has 1 unspecified atom stereocenters. The lowest BCUT2D eigenvalue weighted by Gasteiger charge is -2.30. The standard InChI is InChI=1S/C27H35N3O2/c1-5-7-9-12-21-15-17-22(18-16-21)26(31)30(19-8-6-2)20(3)25-28-24-14-11-10-13-23(24)27(32)29(25)4/h10-11,13-18,20H,5-9,12,19H2,1-4H3. The van der Waals surface area contributed by atoms with Gasteiger partial charge in [-0.2, -0.15) is 0 Å². The highest BCUT2D eigenvalue weighted by atomic mass is 16.2. The van der Waals surface area contributed by atoms with E-state index < -0.39 is 0 Å². The van der Waals surface area contributed by atoms with Gasteiger partial charge in [0.2, 0.25) is 0 Å². The van der Waals surface area contributed by atoms with Crippen LogP contribution in [-0.4, -0.2) is 26.9 Å². The van der Waals surface area contributed by atoms with Gasteiger partial charge in [0, 0.05) is 19.2 Å². The molecule has 3 rings (SSSR count). The van der Waals surface area contributed by atoms with E-state index in [2.05, 4.69) is 26.0 Å². The van der Waals surface area contributed by atoms with Crippen LogP contribution in [0.25, 0.3) is 10.9 Å². The molecule has 0 saturated heterocycles. The van der Waals surface area contributed by atoms with E-state index in [1.165, 1.54) is 24.8 Å². The molecule has 1 aromatic heterocycles. The third kappa shape index (κ3) is 5.26. The Morgan fingerprint density at radius 2 is 1.69 bits per heavy atom. The number of para-hydroxylation sites is 1. The van der Waals surface area contributed by atoms with Gasteiger partial charge in [0.15, 0.2) is 0 Å². The van der Waals surface area contributed by atoms with Gasteiger partial charge >= 0.3 is 0 Å². The Labute approximate surface area is 191 Å². The summed E-state index contributed by atoms with van der Waals surface area (Å²) in [4.78, 5) is 33.0. The largest absolute Gasteiger partial charge is 0.329 e. The summed E-state index contributed by atoms with van der Waals surface area (Å²) in [5.74, 6) is 0.586. The maximum absolute atomic E-state index is 13.5. The average molecular weight is 434 g/mol. The number of nitrogens with zero attached hydrogens (tertiary/aromatic N) is 3. The molecule has 0 saturated carbocycles. The molecule has 0 aliphatic carbocycles. The first-order chi connectivity index (χ1) is 15.5. The van der Waals surface area contributed by atoms with E-state index >= 15 is 0 Å². The van der Waals surface area contributed by atoms with Crippen molar-refractivity contribution in [3.63, 3.8) is 0 Å². The molecule has 0 bridgehead atoms. The highest BCUT2D eigenvalue weighted by molar-refractivity contribution is 5.94. The number of unbranched alkanes of at least 4 members (excludes halogenated alkanes) is 3. The molecule has 2 aromatic carbocycles. The Kier molecular flexibility index (Phi) is 8.20. The summed E-state index contributed by atoms with van der Waals surface area (Å²) in [6, 6.07) is 15.0. The first-order valence-electron chi connectivity index (χ1n) is 11.8. The minimum absolute atomic E-state index is 0.0199. The molecule has 0 aliphatic rings. The fraction of sp³-hybridized carbons (Fsp3) is 0.444. The lowest BCUT2D eigenvalue weighted by atomic mass is 10.0. The molecular weight excluding hydrogens is 398 g/mol. The van der Waals surface area contributed by atoms with Crippen LogP contribution in [0.5, 0.6) is 0 Å². The number of rotatable bonds is 10.